The number of aromatic nitrogens is 2. The predicted molar refractivity (Wildman–Crippen MR) is 56.1 cm³/mol. The maximum absolute atomic E-state index is 8.48. The summed E-state index contributed by atoms with van der Waals surface area (Å²) in [6.07, 6.45) is 3.39. The summed E-state index contributed by atoms with van der Waals surface area (Å²) in [5, 5.41) is 8.48. The molecule has 15 heavy (non-hydrogen) atoms. The topological polar surface area (TPSA) is 55.2 Å². The van der Waals surface area contributed by atoms with Gasteiger partial charge in [0.1, 0.15) is 0 Å². The van der Waals surface area contributed by atoms with Gasteiger partial charge in [-0.3, -0.25) is 4.98 Å². The van der Waals surface area contributed by atoms with Gasteiger partial charge >= 0.3 is 7.69 Å². The quantitative estimate of drug-likeness (QED) is 0.750. The van der Waals surface area contributed by atoms with E-state index in [9.17, 15) is 0 Å². The molecule has 0 saturated heterocycles. The Labute approximate surface area is 87.9 Å². The summed E-state index contributed by atoms with van der Waals surface area (Å²) in [5.41, 5.74) is 1.73. The van der Waals surface area contributed by atoms with E-state index in [1.807, 2.05) is 24.3 Å². The van der Waals surface area contributed by atoms with Gasteiger partial charge in [-0.05, 0) is 24.3 Å². The number of nitrogens with zero attached hydrogens (tertiary/aromatic N) is 2. The Hall–Kier alpha value is -1.88. The van der Waals surface area contributed by atoms with Crippen molar-refractivity contribution in [1.82, 2.24) is 9.97 Å². The number of hydrogen-bond acceptors (Lipinski definition) is 4. The van der Waals surface area contributed by atoms with Crippen molar-refractivity contribution in [2.24, 2.45) is 0 Å². The minimum Gasteiger partial charge on any atom is -0.523 e. The van der Waals surface area contributed by atoms with Crippen LogP contribution in [0, 0.1) is 0 Å². The molecule has 0 aliphatic rings. The molecule has 0 aliphatic carbocycles. The number of hydrogen-bond donors (Lipinski definition) is 1. The fourth-order valence-electron chi connectivity index (χ4n) is 1.22. The Morgan fingerprint density at radius 2 is 1.93 bits per heavy atom. The van der Waals surface area contributed by atoms with Crippen molar-refractivity contribution in [3.8, 4) is 17.1 Å². The van der Waals surface area contributed by atoms with Crippen LogP contribution in [-0.2, 0) is 0 Å². The van der Waals surface area contributed by atoms with Crippen molar-refractivity contribution in [2.75, 3.05) is 0 Å². The first-order chi connectivity index (χ1) is 7.40. The summed E-state index contributed by atoms with van der Waals surface area (Å²) in [5.74, 6) is 0.354. The molecule has 0 aromatic carbocycles. The van der Waals surface area contributed by atoms with E-state index in [4.69, 9.17) is 9.68 Å². The minimum atomic E-state index is 0.354. The minimum absolute atomic E-state index is 0.354. The van der Waals surface area contributed by atoms with Gasteiger partial charge in [-0.1, -0.05) is 6.07 Å². The lowest BCUT2D eigenvalue weighted by molar-refractivity contribution is 0.443. The molecule has 5 heteroatoms. The summed E-state index contributed by atoms with van der Waals surface area (Å²) in [7, 11) is 0.610. The van der Waals surface area contributed by atoms with Crippen molar-refractivity contribution < 1.29 is 9.68 Å². The zero-order valence-corrected chi connectivity index (χ0v) is 7.87. The van der Waals surface area contributed by atoms with Crippen LogP contribution in [0.15, 0.2) is 42.7 Å². The van der Waals surface area contributed by atoms with Crippen molar-refractivity contribution in [3.05, 3.63) is 42.7 Å². The normalized spacial score (nSPS) is 9.67. The zero-order valence-electron chi connectivity index (χ0n) is 7.87. The first kappa shape index (κ1) is 9.67. The lowest BCUT2D eigenvalue weighted by atomic mass is 10.2. The molecule has 2 rings (SSSR count). The van der Waals surface area contributed by atoms with Crippen molar-refractivity contribution in [1.29, 1.82) is 0 Å². The van der Waals surface area contributed by atoms with Gasteiger partial charge in [0, 0.05) is 18.0 Å². The van der Waals surface area contributed by atoms with Crippen LogP contribution in [0.5, 0.6) is 5.88 Å². The highest BCUT2D eigenvalue weighted by atomic mass is 16.5. The van der Waals surface area contributed by atoms with E-state index in [1.165, 1.54) is 0 Å². The molecule has 0 aliphatic heterocycles. The van der Waals surface area contributed by atoms with Gasteiger partial charge < -0.3 is 9.68 Å². The first-order valence-electron chi connectivity index (χ1n) is 4.40. The molecule has 0 fully saturated rings. The predicted octanol–water partition coefficient (Wildman–Crippen LogP) is 1.05. The van der Waals surface area contributed by atoms with E-state index in [-0.39, 0.29) is 0 Å². The molecule has 0 bridgehead atoms. The Bertz CT molecular complexity index is 436. The van der Waals surface area contributed by atoms with E-state index in [1.54, 1.807) is 18.5 Å². The maximum atomic E-state index is 8.48. The smallest absolute Gasteiger partial charge is 0.523 e. The molecule has 1 N–H and O–H groups in total. The van der Waals surface area contributed by atoms with Crippen LogP contribution < -0.4 is 4.65 Å². The molecule has 0 saturated carbocycles. The zero-order chi connectivity index (χ0) is 10.5. The second-order valence-corrected chi connectivity index (χ2v) is 2.82. The summed E-state index contributed by atoms with van der Waals surface area (Å²) in [4.78, 5) is 8.12. The molecular formula is C10H8BN2O2. The average molecular weight is 199 g/mol. The van der Waals surface area contributed by atoms with Crippen molar-refractivity contribution in [3.63, 3.8) is 0 Å². The summed E-state index contributed by atoms with van der Waals surface area (Å²) in [6, 6.07) is 9.04. The highest BCUT2D eigenvalue weighted by Gasteiger charge is 2.01. The molecular weight excluding hydrogens is 191 g/mol. The van der Waals surface area contributed by atoms with Gasteiger partial charge in [-0.25, -0.2) is 4.98 Å². The van der Waals surface area contributed by atoms with Crippen LogP contribution in [-0.4, -0.2) is 22.7 Å². The fourth-order valence-corrected chi connectivity index (χ4v) is 1.22. The Morgan fingerprint density at radius 3 is 2.67 bits per heavy atom. The first-order valence-corrected chi connectivity index (χ1v) is 4.40. The van der Waals surface area contributed by atoms with E-state index >= 15 is 0 Å². The summed E-state index contributed by atoms with van der Waals surface area (Å²) in [6.45, 7) is 0. The van der Waals surface area contributed by atoms with Crippen molar-refractivity contribution in [2.45, 2.75) is 0 Å². The highest BCUT2D eigenvalue weighted by Crippen LogP contribution is 2.18. The van der Waals surface area contributed by atoms with Gasteiger partial charge in [0.2, 0.25) is 0 Å². The summed E-state index contributed by atoms with van der Waals surface area (Å²) < 4.78 is 4.77. The third kappa shape index (κ3) is 2.32. The summed E-state index contributed by atoms with van der Waals surface area (Å²) >= 11 is 0. The molecule has 2 aromatic heterocycles. The Balaban J connectivity index is 2.33. The third-order valence-electron chi connectivity index (χ3n) is 1.87. The Morgan fingerprint density at radius 1 is 1.13 bits per heavy atom. The molecule has 0 unspecified atom stereocenters. The largest absolute Gasteiger partial charge is 0.570 e. The second-order valence-electron chi connectivity index (χ2n) is 2.82. The van der Waals surface area contributed by atoms with Crippen molar-refractivity contribution >= 4 is 7.69 Å². The molecule has 73 valence electrons. The molecule has 0 amide bonds. The van der Waals surface area contributed by atoms with E-state index in [0.29, 0.717) is 13.6 Å². The lowest BCUT2D eigenvalue weighted by Crippen LogP contribution is -2.01. The van der Waals surface area contributed by atoms with Crippen LogP contribution in [0.2, 0.25) is 0 Å². The van der Waals surface area contributed by atoms with Crippen LogP contribution in [0.3, 0.4) is 0 Å². The molecule has 0 atom stereocenters. The SMILES string of the molecule is O[B]Oc1cccc(-c2ccncc2)n1. The molecule has 2 aromatic rings. The van der Waals surface area contributed by atoms with E-state index in [2.05, 4.69) is 9.97 Å². The molecule has 1 radical (unpaired) electrons. The molecule has 2 heterocycles. The van der Waals surface area contributed by atoms with Gasteiger partial charge in [0.15, 0.2) is 5.88 Å². The van der Waals surface area contributed by atoms with Crippen LogP contribution in [0.4, 0.5) is 0 Å². The van der Waals surface area contributed by atoms with Gasteiger partial charge in [0.25, 0.3) is 0 Å². The van der Waals surface area contributed by atoms with E-state index in [0.717, 1.165) is 11.3 Å². The van der Waals surface area contributed by atoms with Gasteiger partial charge in [-0.15, -0.1) is 0 Å². The van der Waals surface area contributed by atoms with E-state index < -0.39 is 0 Å². The highest BCUT2D eigenvalue weighted by molar-refractivity contribution is 6.17. The standard InChI is InChI=1S/C10H8BN2O2/c14-11-15-10-3-1-2-9(13-10)8-4-6-12-7-5-8/h1-7,14H. The Kier molecular flexibility index (Phi) is 2.95. The van der Waals surface area contributed by atoms with Crippen LogP contribution in [0.25, 0.3) is 11.3 Å². The van der Waals surface area contributed by atoms with Crippen LogP contribution >= 0.6 is 0 Å². The molecule has 0 spiro atoms. The van der Waals surface area contributed by atoms with Gasteiger partial charge in [0.05, 0.1) is 5.69 Å². The number of pyridine rings is 2. The second kappa shape index (κ2) is 4.57. The van der Waals surface area contributed by atoms with Gasteiger partial charge in [-0.2, -0.15) is 0 Å². The third-order valence-corrected chi connectivity index (χ3v) is 1.87. The maximum Gasteiger partial charge on any atom is 0.570 e. The monoisotopic (exact) mass is 199 g/mol. The lowest BCUT2D eigenvalue weighted by Gasteiger charge is -2.03. The average Bonchev–Trinajstić information content (AvgIpc) is 2.31. The fraction of sp³-hybridized carbons (Fsp3) is 0. The number of rotatable bonds is 3. The molecule has 4 nitrogen and oxygen atoms in total. The van der Waals surface area contributed by atoms with Crippen LogP contribution in [0.1, 0.15) is 0 Å².